The molecule has 8 heteroatoms. The van der Waals surface area contributed by atoms with E-state index in [1.54, 1.807) is 11.2 Å². The molecule has 0 unspecified atom stereocenters. The highest BCUT2D eigenvalue weighted by molar-refractivity contribution is 7.89. The average molecular weight is 513 g/mol. The molecule has 1 N–H and O–H groups in total. The van der Waals surface area contributed by atoms with Gasteiger partial charge in [0.15, 0.2) is 0 Å². The van der Waals surface area contributed by atoms with E-state index in [1.807, 2.05) is 24.3 Å². The number of hydrogen-bond acceptors (Lipinski definition) is 5. The van der Waals surface area contributed by atoms with Gasteiger partial charge in [-0.2, -0.15) is 4.31 Å². The molecule has 2 aliphatic heterocycles. The fourth-order valence-corrected chi connectivity index (χ4v) is 6.18. The lowest BCUT2D eigenvalue weighted by molar-refractivity contribution is 0.0950. The van der Waals surface area contributed by atoms with Crippen LogP contribution in [0.25, 0.3) is 0 Å². The van der Waals surface area contributed by atoms with Crippen LogP contribution in [0.4, 0.5) is 0 Å². The van der Waals surface area contributed by atoms with Gasteiger partial charge in [-0.05, 0) is 61.7 Å². The van der Waals surface area contributed by atoms with Crippen LogP contribution in [-0.2, 0) is 29.7 Å². The van der Waals surface area contributed by atoms with Gasteiger partial charge in [0.05, 0.1) is 5.75 Å². The van der Waals surface area contributed by atoms with E-state index >= 15 is 0 Å². The second-order valence-electron chi connectivity index (χ2n) is 9.97. The molecule has 0 spiro atoms. The summed E-state index contributed by atoms with van der Waals surface area (Å²) in [6, 6.07) is 16.3. The van der Waals surface area contributed by atoms with Crippen LogP contribution in [0.1, 0.15) is 59.7 Å². The van der Waals surface area contributed by atoms with Gasteiger partial charge >= 0.3 is 0 Å². The first-order valence-corrected chi connectivity index (χ1v) is 14.9. The van der Waals surface area contributed by atoms with E-state index in [0.717, 1.165) is 17.7 Å². The number of amides is 1. The van der Waals surface area contributed by atoms with Gasteiger partial charge in [0, 0.05) is 51.4 Å². The van der Waals surface area contributed by atoms with E-state index in [-0.39, 0.29) is 11.7 Å². The molecule has 0 saturated carbocycles. The van der Waals surface area contributed by atoms with Crippen LogP contribution >= 0.6 is 0 Å². The number of benzene rings is 2. The Morgan fingerprint density at radius 2 is 1.36 bits per heavy atom. The zero-order valence-electron chi connectivity index (χ0n) is 21.5. The number of hydrogen-bond donors (Lipinski definition) is 1. The summed E-state index contributed by atoms with van der Waals surface area (Å²) in [5, 5.41) is 3.08. The summed E-state index contributed by atoms with van der Waals surface area (Å²) >= 11 is 0. The van der Waals surface area contributed by atoms with Gasteiger partial charge in [-0.3, -0.25) is 14.6 Å². The summed E-state index contributed by atoms with van der Waals surface area (Å²) in [5.74, 6) is 0.0704. The predicted octanol–water partition coefficient (Wildman–Crippen LogP) is 3.46. The quantitative estimate of drug-likeness (QED) is 0.557. The number of piperazine rings is 1. The summed E-state index contributed by atoms with van der Waals surface area (Å²) in [5.41, 5.74) is 4.14. The monoisotopic (exact) mass is 512 g/mol. The van der Waals surface area contributed by atoms with Crippen molar-refractivity contribution in [1.29, 1.82) is 0 Å². The van der Waals surface area contributed by atoms with Crippen molar-refractivity contribution < 1.29 is 13.2 Å². The van der Waals surface area contributed by atoms with Crippen LogP contribution in [-0.4, -0.2) is 73.5 Å². The highest BCUT2D eigenvalue weighted by Crippen LogP contribution is 2.16. The number of rotatable bonds is 9. The third kappa shape index (κ3) is 7.62. The van der Waals surface area contributed by atoms with E-state index in [9.17, 15) is 13.2 Å². The van der Waals surface area contributed by atoms with Crippen LogP contribution in [0.3, 0.4) is 0 Å². The van der Waals surface area contributed by atoms with Gasteiger partial charge in [-0.15, -0.1) is 0 Å². The Kier molecular flexibility index (Phi) is 9.53. The largest absolute Gasteiger partial charge is 0.348 e. The van der Waals surface area contributed by atoms with Crippen molar-refractivity contribution in [1.82, 2.24) is 19.4 Å². The minimum Gasteiger partial charge on any atom is -0.348 e. The summed E-state index contributed by atoms with van der Waals surface area (Å²) in [7, 11) is -3.13. The molecular formula is C28H40N4O3S. The van der Waals surface area contributed by atoms with Crippen molar-refractivity contribution >= 4 is 15.9 Å². The fraction of sp³-hybridized carbons (Fsp3) is 0.536. The van der Waals surface area contributed by atoms with Crippen molar-refractivity contribution in [3.8, 4) is 0 Å². The Morgan fingerprint density at radius 3 is 2.03 bits per heavy atom. The summed E-state index contributed by atoms with van der Waals surface area (Å²) in [6.45, 7) is 8.65. The first-order valence-electron chi connectivity index (χ1n) is 13.3. The molecule has 196 valence electrons. The van der Waals surface area contributed by atoms with E-state index in [4.69, 9.17) is 0 Å². The van der Waals surface area contributed by atoms with Crippen LogP contribution in [0, 0.1) is 0 Å². The van der Waals surface area contributed by atoms with Gasteiger partial charge in [-0.1, -0.05) is 49.2 Å². The third-order valence-electron chi connectivity index (χ3n) is 7.23. The van der Waals surface area contributed by atoms with Gasteiger partial charge in [0.25, 0.3) is 5.91 Å². The number of carbonyl (C=O) groups excluding carboxylic acids is 1. The molecule has 2 aliphatic rings. The van der Waals surface area contributed by atoms with E-state index in [1.165, 1.54) is 44.3 Å². The molecule has 0 radical (unpaired) electrons. The maximum Gasteiger partial charge on any atom is 0.251 e. The second kappa shape index (κ2) is 12.8. The minimum atomic E-state index is -3.13. The van der Waals surface area contributed by atoms with Gasteiger partial charge in [0.1, 0.15) is 0 Å². The lowest BCUT2D eigenvalue weighted by atomic mass is 10.1. The molecule has 36 heavy (non-hydrogen) atoms. The molecule has 2 aromatic carbocycles. The van der Waals surface area contributed by atoms with Crippen molar-refractivity contribution in [2.24, 2.45) is 0 Å². The maximum absolute atomic E-state index is 12.9. The van der Waals surface area contributed by atoms with Crippen molar-refractivity contribution in [2.45, 2.75) is 52.2 Å². The van der Waals surface area contributed by atoms with E-state index in [2.05, 4.69) is 39.4 Å². The zero-order valence-corrected chi connectivity index (χ0v) is 22.3. The van der Waals surface area contributed by atoms with Crippen LogP contribution < -0.4 is 5.32 Å². The Balaban J connectivity index is 1.28. The average Bonchev–Trinajstić information content (AvgIpc) is 3.16. The summed E-state index contributed by atoms with van der Waals surface area (Å²) < 4.78 is 25.7. The molecule has 2 aromatic rings. The molecule has 4 rings (SSSR count). The molecular weight excluding hydrogens is 472 g/mol. The number of nitrogens with one attached hydrogen (secondary N) is 1. The molecule has 2 fully saturated rings. The molecule has 0 bridgehead atoms. The summed E-state index contributed by atoms with van der Waals surface area (Å²) in [6.07, 6.45) is 5.24. The predicted molar refractivity (Wildman–Crippen MR) is 144 cm³/mol. The molecule has 0 aliphatic carbocycles. The lowest BCUT2D eigenvalue weighted by Crippen LogP contribution is -2.48. The second-order valence-corrected chi connectivity index (χ2v) is 12.2. The van der Waals surface area contributed by atoms with Crippen LogP contribution in [0.2, 0.25) is 0 Å². The van der Waals surface area contributed by atoms with Gasteiger partial charge in [0.2, 0.25) is 10.0 Å². The normalized spacial score (nSPS) is 18.6. The first-order chi connectivity index (χ1) is 17.4. The van der Waals surface area contributed by atoms with E-state index in [0.29, 0.717) is 44.8 Å². The SMILES string of the molecule is CCS(=O)(=O)N1CCN(Cc2cccc(C(=O)NCc3cccc(CN4CCCCCC4)c3)c2)CC1. The highest BCUT2D eigenvalue weighted by Gasteiger charge is 2.25. The van der Waals surface area contributed by atoms with Gasteiger partial charge in [-0.25, -0.2) is 8.42 Å². The van der Waals surface area contributed by atoms with Crippen molar-refractivity contribution in [3.63, 3.8) is 0 Å². The molecule has 0 aromatic heterocycles. The first kappa shape index (κ1) is 26.8. The molecule has 1 amide bonds. The Bertz CT molecular complexity index is 1110. The molecule has 7 nitrogen and oxygen atoms in total. The lowest BCUT2D eigenvalue weighted by Gasteiger charge is -2.33. The fourth-order valence-electron chi connectivity index (χ4n) is 5.09. The highest BCUT2D eigenvalue weighted by atomic mass is 32.2. The van der Waals surface area contributed by atoms with Gasteiger partial charge < -0.3 is 5.32 Å². The van der Waals surface area contributed by atoms with Crippen molar-refractivity contribution in [3.05, 3.63) is 70.8 Å². The smallest absolute Gasteiger partial charge is 0.251 e. The Labute approximate surface area is 216 Å². The van der Waals surface area contributed by atoms with Crippen LogP contribution in [0.15, 0.2) is 48.5 Å². The number of sulfonamides is 1. The molecule has 0 atom stereocenters. The number of nitrogens with zero attached hydrogens (tertiary/aromatic N) is 3. The topological polar surface area (TPSA) is 73.0 Å². The Morgan fingerprint density at radius 1 is 0.778 bits per heavy atom. The number of carbonyl (C=O) groups is 1. The zero-order chi connectivity index (χ0) is 25.4. The molecule has 2 saturated heterocycles. The van der Waals surface area contributed by atoms with E-state index < -0.39 is 10.0 Å². The molecule has 2 heterocycles. The minimum absolute atomic E-state index is 0.0753. The third-order valence-corrected chi connectivity index (χ3v) is 9.12. The number of likely N-dealkylation sites (tertiary alicyclic amines) is 1. The Hall–Kier alpha value is -2.26. The summed E-state index contributed by atoms with van der Waals surface area (Å²) in [4.78, 5) is 17.7. The maximum atomic E-state index is 12.9. The van der Waals surface area contributed by atoms with Crippen molar-refractivity contribution in [2.75, 3.05) is 45.0 Å². The standard InChI is InChI=1S/C28H40N4O3S/c1-2-36(34,35)32-17-15-31(16-18-32)23-26-11-8-12-27(20-26)28(33)29-21-24-9-7-10-25(19-24)22-30-13-5-3-4-6-14-30/h7-12,19-20H,2-6,13-18,21-23H2,1H3,(H,29,33). The van der Waals surface area contributed by atoms with Crippen LogP contribution in [0.5, 0.6) is 0 Å².